The quantitative estimate of drug-likeness (QED) is 0.848. The van der Waals surface area contributed by atoms with E-state index < -0.39 is 11.5 Å². The van der Waals surface area contributed by atoms with Crippen LogP contribution in [-0.4, -0.2) is 30.8 Å². The highest BCUT2D eigenvalue weighted by Gasteiger charge is 2.45. The molecule has 1 saturated carbocycles. The molecule has 0 spiro atoms. The summed E-state index contributed by atoms with van der Waals surface area (Å²) in [6, 6.07) is 7.69. The van der Waals surface area contributed by atoms with Gasteiger partial charge in [0.15, 0.2) is 0 Å². The van der Waals surface area contributed by atoms with Gasteiger partial charge in [0.05, 0.1) is 18.6 Å². The standard InChI is InChI=1S/C15H21NO3/c1-11(17)10-16-14(18)15(8-3-9-15)12-4-6-13(19-2)7-5-12/h4-7,11,17H,3,8-10H2,1-2H3,(H,16,18). The van der Waals surface area contributed by atoms with E-state index in [4.69, 9.17) is 4.74 Å². The molecule has 19 heavy (non-hydrogen) atoms. The first-order valence-electron chi connectivity index (χ1n) is 6.69. The van der Waals surface area contributed by atoms with E-state index in [0.717, 1.165) is 30.6 Å². The molecule has 1 atom stereocenters. The van der Waals surface area contributed by atoms with Crippen molar-refractivity contribution in [2.45, 2.75) is 37.7 Å². The van der Waals surface area contributed by atoms with Crippen molar-refractivity contribution in [1.82, 2.24) is 5.32 Å². The van der Waals surface area contributed by atoms with Crippen LogP contribution in [0, 0.1) is 0 Å². The highest BCUT2D eigenvalue weighted by molar-refractivity contribution is 5.89. The molecule has 0 aliphatic heterocycles. The monoisotopic (exact) mass is 263 g/mol. The Balaban J connectivity index is 2.14. The minimum absolute atomic E-state index is 0.0183. The van der Waals surface area contributed by atoms with Gasteiger partial charge >= 0.3 is 0 Å². The molecule has 2 rings (SSSR count). The first-order chi connectivity index (χ1) is 9.08. The van der Waals surface area contributed by atoms with Crippen LogP contribution in [0.25, 0.3) is 0 Å². The molecule has 1 aromatic carbocycles. The summed E-state index contributed by atoms with van der Waals surface area (Å²) in [6.07, 6.45) is 2.28. The smallest absolute Gasteiger partial charge is 0.230 e. The van der Waals surface area contributed by atoms with Crippen molar-refractivity contribution in [3.05, 3.63) is 29.8 Å². The predicted molar refractivity (Wildman–Crippen MR) is 73.2 cm³/mol. The van der Waals surface area contributed by atoms with Crippen molar-refractivity contribution in [3.8, 4) is 5.75 Å². The number of methoxy groups -OCH3 is 1. The average molecular weight is 263 g/mol. The molecular formula is C15H21NO3. The highest BCUT2D eigenvalue weighted by atomic mass is 16.5. The Kier molecular flexibility index (Phi) is 4.10. The number of nitrogens with one attached hydrogen (secondary N) is 1. The largest absolute Gasteiger partial charge is 0.497 e. The third-order valence-corrected chi connectivity index (χ3v) is 3.84. The fourth-order valence-corrected chi connectivity index (χ4v) is 2.50. The van der Waals surface area contributed by atoms with Crippen molar-refractivity contribution in [1.29, 1.82) is 0 Å². The first kappa shape index (κ1) is 13.9. The molecule has 4 nitrogen and oxygen atoms in total. The number of carbonyl (C=O) groups is 1. The molecule has 1 aliphatic rings. The van der Waals surface area contributed by atoms with Gasteiger partial charge in [-0.2, -0.15) is 0 Å². The van der Waals surface area contributed by atoms with Crippen LogP contribution in [-0.2, 0) is 10.2 Å². The predicted octanol–water partition coefficient (Wildman–Crippen LogP) is 1.61. The van der Waals surface area contributed by atoms with Crippen molar-refractivity contribution in [2.24, 2.45) is 0 Å². The molecule has 0 heterocycles. The fourth-order valence-electron chi connectivity index (χ4n) is 2.50. The topological polar surface area (TPSA) is 58.6 Å². The Morgan fingerprint density at radius 1 is 1.42 bits per heavy atom. The molecule has 1 fully saturated rings. The minimum Gasteiger partial charge on any atom is -0.497 e. The van der Waals surface area contributed by atoms with Crippen LogP contribution in [0.5, 0.6) is 5.75 Å². The third kappa shape index (κ3) is 2.73. The van der Waals surface area contributed by atoms with Crippen LogP contribution in [0.2, 0.25) is 0 Å². The van der Waals surface area contributed by atoms with Crippen molar-refractivity contribution in [3.63, 3.8) is 0 Å². The lowest BCUT2D eigenvalue weighted by Gasteiger charge is -2.40. The highest BCUT2D eigenvalue weighted by Crippen LogP contribution is 2.44. The van der Waals surface area contributed by atoms with E-state index >= 15 is 0 Å². The summed E-state index contributed by atoms with van der Waals surface area (Å²) in [6.45, 7) is 1.97. The molecule has 1 unspecified atom stereocenters. The number of ether oxygens (including phenoxy) is 1. The first-order valence-corrected chi connectivity index (χ1v) is 6.69. The maximum absolute atomic E-state index is 12.4. The number of aliphatic hydroxyl groups is 1. The van der Waals surface area contributed by atoms with E-state index in [1.165, 1.54) is 0 Å². The van der Waals surface area contributed by atoms with Gasteiger partial charge in [0, 0.05) is 6.54 Å². The summed E-state index contributed by atoms with van der Waals surface area (Å²) in [4.78, 5) is 12.4. The molecule has 0 aromatic heterocycles. The molecule has 1 aliphatic carbocycles. The van der Waals surface area contributed by atoms with E-state index in [9.17, 15) is 9.90 Å². The number of hydrogen-bond donors (Lipinski definition) is 2. The second-order valence-electron chi connectivity index (χ2n) is 5.22. The molecule has 104 valence electrons. The zero-order valence-electron chi connectivity index (χ0n) is 11.5. The SMILES string of the molecule is COc1ccc(C2(C(=O)NCC(C)O)CCC2)cc1. The third-order valence-electron chi connectivity index (χ3n) is 3.84. The molecular weight excluding hydrogens is 242 g/mol. The summed E-state index contributed by atoms with van der Waals surface area (Å²) >= 11 is 0. The van der Waals surface area contributed by atoms with Gasteiger partial charge in [-0.15, -0.1) is 0 Å². The number of benzene rings is 1. The van der Waals surface area contributed by atoms with Gasteiger partial charge in [0.2, 0.25) is 5.91 Å². The lowest BCUT2D eigenvalue weighted by atomic mass is 9.64. The number of amides is 1. The Morgan fingerprint density at radius 2 is 2.05 bits per heavy atom. The van der Waals surface area contributed by atoms with Crippen LogP contribution in [0.15, 0.2) is 24.3 Å². The van der Waals surface area contributed by atoms with Crippen LogP contribution in [0.4, 0.5) is 0 Å². The minimum atomic E-state index is -0.517. The average Bonchev–Trinajstić information content (AvgIpc) is 2.36. The summed E-state index contributed by atoms with van der Waals surface area (Å²) in [7, 11) is 1.63. The van der Waals surface area contributed by atoms with Gasteiger partial charge in [-0.3, -0.25) is 4.79 Å². The van der Waals surface area contributed by atoms with E-state index in [-0.39, 0.29) is 5.91 Å². The Bertz CT molecular complexity index is 435. The zero-order valence-corrected chi connectivity index (χ0v) is 11.5. The second kappa shape index (κ2) is 5.61. The van der Waals surface area contributed by atoms with Gasteiger partial charge in [-0.1, -0.05) is 18.6 Å². The van der Waals surface area contributed by atoms with E-state index in [0.29, 0.717) is 6.54 Å². The lowest BCUT2D eigenvalue weighted by molar-refractivity contribution is -0.130. The molecule has 0 saturated heterocycles. The lowest BCUT2D eigenvalue weighted by Crippen LogP contribution is -2.50. The summed E-state index contributed by atoms with van der Waals surface area (Å²) < 4.78 is 5.14. The van der Waals surface area contributed by atoms with E-state index in [1.807, 2.05) is 24.3 Å². The van der Waals surface area contributed by atoms with Crippen LogP contribution in [0.1, 0.15) is 31.7 Å². The van der Waals surface area contributed by atoms with E-state index in [1.54, 1.807) is 14.0 Å². The molecule has 1 aromatic rings. The molecule has 2 N–H and O–H groups in total. The van der Waals surface area contributed by atoms with Gasteiger partial charge in [0.1, 0.15) is 5.75 Å². The molecule has 1 amide bonds. The summed E-state index contributed by atoms with van der Waals surface area (Å²) in [5, 5.41) is 12.1. The maximum atomic E-state index is 12.4. The number of hydrogen-bond acceptors (Lipinski definition) is 3. The van der Waals surface area contributed by atoms with Crippen molar-refractivity contribution < 1.29 is 14.6 Å². The van der Waals surface area contributed by atoms with Crippen LogP contribution >= 0.6 is 0 Å². The Labute approximate surface area is 113 Å². The number of rotatable bonds is 5. The fraction of sp³-hybridized carbons (Fsp3) is 0.533. The van der Waals surface area contributed by atoms with Gasteiger partial charge in [-0.25, -0.2) is 0 Å². The maximum Gasteiger partial charge on any atom is 0.230 e. The van der Waals surface area contributed by atoms with Gasteiger partial charge < -0.3 is 15.2 Å². The van der Waals surface area contributed by atoms with Crippen LogP contribution in [0.3, 0.4) is 0 Å². The Hall–Kier alpha value is -1.55. The van der Waals surface area contributed by atoms with Gasteiger partial charge in [-0.05, 0) is 37.5 Å². The van der Waals surface area contributed by atoms with Crippen LogP contribution < -0.4 is 10.1 Å². The van der Waals surface area contributed by atoms with Crippen molar-refractivity contribution in [2.75, 3.05) is 13.7 Å². The normalized spacial score (nSPS) is 18.3. The summed E-state index contributed by atoms with van der Waals surface area (Å²) in [5.41, 5.74) is 0.615. The second-order valence-corrected chi connectivity index (χ2v) is 5.22. The number of carbonyl (C=O) groups excluding carboxylic acids is 1. The van der Waals surface area contributed by atoms with Crippen molar-refractivity contribution >= 4 is 5.91 Å². The number of aliphatic hydroxyl groups excluding tert-OH is 1. The molecule has 0 bridgehead atoms. The molecule has 0 radical (unpaired) electrons. The summed E-state index contributed by atoms with van der Waals surface area (Å²) in [5.74, 6) is 0.812. The molecule has 4 heteroatoms. The Morgan fingerprint density at radius 3 is 2.47 bits per heavy atom. The van der Waals surface area contributed by atoms with E-state index in [2.05, 4.69) is 5.32 Å². The van der Waals surface area contributed by atoms with Gasteiger partial charge in [0.25, 0.3) is 0 Å². The zero-order chi connectivity index (χ0) is 13.9.